The number of aromatic amines is 1. The number of rotatable bonds is 2. The van der Waals surface area contributed by atoms with E-state index < -0.39 is 0 Å². The van der Waals surface area contributed by atoms with Gasteiger partial charge in [-0.25, -0.2) is 0 Å². The second-order valence-corrected chi connectivity index (χ2v) is 11.0. The number of benzene rings is 6. The largest absolute Gasteiger partial charge is 0.354 e. The minimum Gasteiger partial charge on any atom is -0.354 e. The van der Waals surface area contributed by atoms with Crippen molar-refractivity contribution in [1.82, 2.24) is 9.55 Å². The maximum atomic E-state index is 3.82. The Morgan fingerprint density at radius 3 is 1.76 bits per heavy atom. The normalized spacial score (nSPS) is 11.8. The van der Waals surface area contributed by atoms with E-state index in [1.54, 1.807) is 0 Å². The van der Waals surface area contributed by atoms with Crippen LogP contribution in [0.15, 0.2) is 152 Å². The van der Waals surface area contributed by atoms with Crippen molar-refractivity contribution in [3.63, 3.8) is 0 Å². The van der Waals surface area contributed by atoms with Gasteiger partial charge in [-0.3, -0.25) is 0 Å². The number of hydrogen-bond acceptors (Lipinski definition) is 0. The molecule has 2 heteroatoms. The van der Waals surface area contributed by atoms with Gasteiger partial charge in [0, 0.05) is 44.2 Å². The molecular weight excluding hydrogens is 508 g/mol. The zero-order chi connectivity index (χ0) is 27.6. The number of para-hydroxylation sites is 2. The zero-order valence-corrected chi connectivity index (χ0v) is 22.9. The molecule has 0 unspecified atom stereocenters. The molecule has 0 atom stereocenters. The zero-order valence-electron chi connectivity index (χ0n) is 22.9. The van der Waals surface area contributed by atoms with Crippen LogP contribution in [-0.2, 0) is 0 Å². The fraction of sp³-hybridized carbons (Fsp3) is 0. The highest BCUT2D eigenvalue weighted by Gasteiger charge is 2.29. The van der Waals surface area contributed by atoms with Crippen LogP contribution in [0.1, 0.15) is 0 Å². The van der Waals surface area contributed by atoms with Gasteiger partial charge < -0.3 is 9.55 Å². The van der Waals surface area contributed by atoms with Gasteiger partial charge in [0.25, 0.3) is 0 Å². The molecule has 9 rings (SSSR count). The van der Waals surface area contributed by atoms with E-state index in [1.807, 2.05) is 0 Å². The summed E-state index contributed by atoms with van der Waals surface area (Å²) in [5.41, 5.74) is 15.8. The standard InChI is InChI=1S/C40H26N2/c1-2-12-26(13-3-1)27-22-24-28(25-23-27)42-36-21-11-9-19-34(36)38-30-15-5-4-14-29(30)37-33-18-8-10-20-35(33)41-39(37)31-16-6-7-17-32(31)40(38)42/h1-25,41H. The van der Waals surface area contributed by atoms with Crippen LogP contribution >= 0.6 is 0 Å². The molecule has 2 nitrogen and oxygen atoms in total. The molecule has 0 radical (unpaired) electrons. The number of aromatic nitrogens is 2. The second-order valence-electron chi connectivity index (χ2n) is 11.0. The number of fused-ring (bicyclic) bond motifs is 12. The average molecular weight is 535 g/mol. The van der Waals surface area contributed by atoms with Gasteiger partial charge in [0.15, 0.2) is 0 Å². The summed E-state index contributed by atoms with van der Waals surface area (Å²) >= 11 is 0. The van der Waals surface area contributed by atoms with Crippen LogP contribution in [0.4, 0.5) is 0 Å². The summed E-state index contributed by atoms with van der Waals surface area (Å²) in [7, 11) is 0. The third-order valence-corrected chi connectivity index (χ3v) is 8.73. The molecule has 1 aliphatic rings. The molecule has 0 spiro atoms. The van der Waals surface area contributed by atoms with E-state index in [9.17, 15) is 0 Å². The van der Waals surface area contributed by atoms with Crippen LogP contribution < -0.4 is 0 Å². The minimum absolute atomic E-state index is 1.15. The maximum Gasteiger partial charge on any atom is 0.0626 e. The van der Waals surface area contributed by atoms with Crippen LogP contribution in [0.5, 0.6) is 0 Å². The monoisotopic (exact) mass is 534 g/mol. The van der Waals surface area contributed by atoms with Crippen molar-refractivity contribution in [3.05, 3.63) is 152 Å². The van der Waals surface area contributed by atoms with Gasteiger partial charge in [-0.2, -0.15) is 0 Å². The smallest absolute Gasteiger partial charge is 0.0626 e. The summed E-state index contributed by atoms with van der Waals surface area (Å²) in [5.74, 6) is 0. The molecule has 2 heterocycles. The van der Waals surface area contributed by atoms with E-state index in [4.69, 9.17) is 0 Å². The molecule has 1 N–H and O–H groups in total. The van der Waals surface area contributed by atoms with Crippen molar-refractivity contribution >= 4 is 21.8 Å². The van der Waals surface area contributed by atoms with E-state index >= 15 is 0 Å². The molecule has 196 valence electrons. The molecule has 8 aromatic rings. The van der Waals surface area contributed by atoms with Crippen LogP contribution in [0.3, 0.4) is 0 Å². The van der Waals surface area contributed by atoms with Crippen LogP contribution in [0.2, 0.25) is 0 Å². The topological polar surface area (TPSA) is 20.7 Å². The number of nitrogens with zero attached hydrogens (tertiary/aromatic N) is 1. The summed E-state index contributed by atoms with van der Waals surface area (Å²) in [5, 5.41) is 2.50. The van der Waals surface area contributed by atoms with Crippen molar-refractivity contribution in [2.24, 2.45) is 0 Å². The SMILES string of the molecule is c1ccc(-c2ccc(-n3c4c(c5ccccc53)-c3ccccc3-c3c([nH]c5ccccc35)-c3ccccc3-4)cc2)cc1. The van der Waals surface area contributed by atoms with E-state index in [2.05, 4.69) is 161 Å². The predicted octanol–water partition coefficient (Wildman–Crippen LogP) is 10.8. The Morgan fingerprint density at radius 1 is 0.405 bits per heavy atom. The molecule has 0 bridgehead atoms. The van der Waals surface area contributed by atoms with E-state index in [-0.39, 0.29) is 0 Å². The summed E-state index contributed by atoms with van der Waals surface area (Å²) < 4.78 is 2.46. The summed E-state index contributed by atoms with van der Waals surface area (Å²) in [6.45, 7) is 0. The highest BCUT2D eigenvalue weighted by Crippen LogP contribution is 2.53. The summed E-state index contributed by atoms with van der Waals surface area (Å²) in [4.78, 5) is 3.82. The minimum atomic E-state index is 1.15. The first kappa shape index (κ1) is 23.1. The Bertz CT molecular complexity index is 2280. The molecule has 0 aliphatic heterocycles. The molecular formula is C40H26N2. The molecule has 0 saturated carbocycles. The summed E-state index contributed by atoms with van der Waals surface area (Å²) in [6.07, 6.45) is 0. The Labute approximate surface area is 244 Å². The van der Waals surface area contributed by atoms with Crippen LogP contribution in [-0.4, -0.2) is 9.55 Å². The van der Waals surface area contributed by atoms with Crippen molar-refractivity contribution in [2.75, 3.05) is 0 Å². The van der Waals surface area contributed by atoms with Crippen molar-refractivity contribution in [1.29, 1.82) is 0 Å². The number of nitrogens with one attached hydrogen (secondary N) is 1. The number of H-pyrrole nitrogens is 1. The van der Waals surface area contributed by atoms with Crippen molar-refractivity contribution < 1.29 is 0 Å². The lowest BCUT2D eigenvalue weighted by atomic mass is 9.84. The highest BCUT2D eigenvalue weighted by molar-refractivity contribution is 6.16. The quantitative estimate of drug-likeness (QED) is 0.228. The van der Waals surface area contributed by atoms with Gasteiger partial charge in [-0.05, 0) is 46.5 Å². The molecule has 1 aliphatic carbocycles. The molecule has 42 heavy (non-hydrogen) atoms. The van der Waals surface area contributed by atoms with Crippen LogP contribution in [0, 0.1) is 0 Å². The van der Waals surface area contributed by atoms with Crippen molar-refractivity contribution in [2.45, 2.75) is 0 Å². The fourth-order valence-electron chi connectivity index (χ4n) is 6.92. The Balaban J connectivity index is 1.42. The predicted molar refractivity (Wildman–Crippen MR) is 176 cm³/mol. The third-order valence-electron chi connectivity index (χ3n) is 8.73. The highest BCUT2D eigenvalue weighted by atomic mass is 15.0. The Morgan fingerprint density at radius 2 is 0.976 bits per heavy atom. The molecule has 0 fully saturated rings. The van der Waals surface area contributed by atoms with Gasteiger partial charge in [-0.1, -0.05) is 127 Å². The average Bonchev–Trinajstić information content (AvgIpc) is 3.61. The number of hydrogen-bond donors (Lipinski definition) is 1. The fourth-order valence-corrected chi connectivity index (χ4v) is 6.92. The first-order valence-electron chi connectivity index (χ1n) is 14.5. The molecule has 2 aromatic heterocycles. The lowest BCUT2D eigenvalue weighted by Gasteiger charge is -2.21. The first-order valence-corrected chi connectivity index (χ1v) is 14.5. The Kier molecular flexibility index (Phi) is 4.93. The van der Waals surface area contributed by atoms with Gasteiger partial charge in [0.2, 0.25) is 0 Å². The molecule has 0 amide bonds. The van der Waals surface area contributed by atoms with Crippen LogP contribution in [0.25, 0.3) is 83.4 Å². The first-order chi connectivity index (χ1) is 20.9. The maximum absolute atomic E-state index is 3.82. The lowest BCUT2D eigenvalue weighted by molar-refractivity contribution is 1.13. The van der Waals surface area contributed by atoms with Gasteiger partial charge in [0.05, 0.1) is 16.9 Å². The van der Waals surface area contributed by atoms with Gasteiger partial charge >= 0.3 is 0 Å². The molecule has 0 saturated heterocycles. The van der Waals surface area contributed by atoms with Crippen molar-refractivity contribution in [3.8, 4) is 61.6 Å². The lowest BCUT2D eigenvalue weighted by Crippen LogP contribution is -2.01. The summed E-state index contributed by atoms with van der Waals surface area (Å²) in [6, 6.07) is 54.9. The van der Waals surface area contributed by atoms with E-state index in [0.717, 1.165) is 11.2 Å². The van der Waals surface area contributed by atoms with E-state index in [1.165, 1.54) is 72.2 Å². The van der Waals surface area contributed by atoms with Gasteiger partial charge in [0.1, 0.15) is 0 Å². The second kappa shape index (κ2) is 8.95. The van der Waals surface area contributed by atoms with E-state index in [0.29, 0.717) is 0 Å². The Hall–Kier alpha value is -5.60. The third kappa shape index (κ3) is 3.27. The van der Waals surface area contributed by atoms with Gasteiger partial charge in [-0.15, -0.1) is 0 Å². The molecule has 6 aromatic carbocycles.